The van der Waals surface area contributed by atoms with Crippen LogP contribution in [-0.4, -0.2) is 23.4 Å². The molecule has 0 unspecified atom stereocenters. The van der Waals surface area contributed by atoms with Crippen LogP contribution in [0.3, 0.4) is 0 Å². The van der Waals surface area contributed by atoms with E-state index in [4.69, 9.17) is 9.47 Å². The summed E-state index contributed by atoms with van der Waals surface area (Å²) < 4.78 is 12.6. The van der Waals surface area contributed by atoms with Gasteiger partial charge in [0.05, 0.1) is 12.2 Å². The molecule has 128 valence electrons. The van der Waals surface area contributed by atoms with Crippen molar-refractivity contribution >= 4 is 23.2 Å². The van der Waals surface area contributed by atoms with Gasteiger partial charge in [0.2, 0.25) is 0 Å². The molecule has 0 saturated heterocycles. The molecule has 5 nitrogen and oxygen atoms in total. The zero-order chi connectivity index (χ0) is 17.8. The van der Waals surface area contributed by atoms with Gasteiger partial charge in [-0.2, -0.15) is 0 Å². The Morgan fingerprint density at radius 3 is 2.60 bits per heavy atom. The average molecular weight is 337 g/mol. The molecule has 2 aromatic carbocycles. The first-order valence-corrected chi connectivity index (χ1v) is 8.07. The van der Waals surface area contributed by atoms with Gasteiger partial charge in [-0.15, -0.1) is 0 Å². The van der Waals surface area contributed by atoms with Crippen molar-refractivity contribution in [2.24, 2.45) is 7.05 Å². The van der Waals surface area contributed by atoms with Crippen LogP contribution in [0.2, 0.25) is 0 Å². The number of rotatable bonds is 6. The number of nitrogens with zero attached hydrogens (tertiary/aromatic N) is 1. The van der Waals surface area contributed by atoms with Crippen LogP contribution in [0.1, 0.15) is 33.3 Å². The summed E-state index contributed by atoms with van der Waals surface area (Å²) in [7, 11) is 1.74. The molecule has 0 fully saturated rings. The Labute approximate surface area is 145 Å². The molecule has 0 aliphatic heterocycles. The first-order chi connectivity index (χ1) is 12.2. The normalized spacial score (nSPS) is 10.6. The third-order valence-electron chi connectivity index (χ3n) is 4.05. The van der Waals surface area contributed by atoms with Crippen LogP contribution in [-0.2, 0) is 18.4 Å². The fourth-order valence-corrected chi connectivity index (χ4v) is 2.85. The second-order valence-corrected chi connectivity index (χ2v) is 5.61. The number of aldehydes is 1. The zero-order valence-electron chi connectivity index (χ0n) is 14.2. The third kappa shape index (κ3) is 3.26. The van der Waals surface area contributed by atoms with Crippen LogP contribution in [0.15, 0.2) is 48.5 Å². The van der Waals surface area contributed by atoms with E-state index in [0.717, 1.165) is 11.1 Å². The largest absolute Gasteiger partial charge is 0.489 e. The van der Waals surface area contributed by atoms with E-state index < -0.39 is 5.97 Å². The molecule has 0 atom stereocenters. The molecule has 25 heavy (non-hydrogen) atoms. The van der Waals surface area contributed by atoms with E-state index in [0.29, 0.717) is 29.6 Å². The van der Waals surface area contributed by atoms with Crippen molar-refractivity contribution in [1.82, 2.24) is 4.57 Å². The van der Waals surface area contributed by atoms with Gasteiger partial charge in [-0.3, -0.25) is 4.79 Å². The van der Waals surface area contributed by atoms with Crippen molar-refractivity contribution < 1.29 is 19.1 Å². The van der Waals surface area contributed by atoms with E-state index in [1.807, 2.05) is 42.5 Å². The summed E-state index contributed by atoms with van der Waals surface area (Å²) in [5.74, 6) is 0.135. The van der Waals surface area contributed by atoms with Crippen LogP contribution in [0.5, 0.6) is 5.75 Å². The molecule has 0 bridgehead atoms. The maximum Gasteiger partial charge on any atom is 0.355 e. The van der Waals surface area contributed by atoms with E-state index in [-0.39, 0.29) is 12.3 Å². The quantitative estimate of drug-likeness (QED) is 0.508. The smallest absolute Gasteiger partial charge is 0.355 e. The number of fused-ring (bicyclic) bond motifs is 1. The van der Waals surface area contributed by atoms with Crippen LogP contribution in [0, 0.1) is 0 Å². The zero-order valence-corrected chi connectivity index (χ0v) is 14.2. The van der Waals surface area contributed by atoms with Gasteiger partial charge >= 0.3 is 5.97 Å². The summed E-state index contributed by atoms with van der Waals surface area (Å²) in [5, 5.41) is 0.672. The van der Waals surface area contributed by atoms with Crippen LogP contribution < -0.4 is 4.74 Å². The van der Waals surface area contributed by atoms with Gasteiger partial charge in [0.15, 0.2) is 6.29 Å². The lowest BCUT2D eigenvalue weighted by molar-refractivity contribution is 0.0513. The Hall–Kier alpha value is -3.08. The molecule has 0 radical (unpaired) electrons. The van der Waals surface area contributed by atoms with Crippen LogP contribution in [0.25, 0.3) is 10.9 Å². The second-order valence-electron chi connectivity index (χ2n) is 5.61. The van der Waals surface area contributed by atoms with E-state index in [2.05, 4.69) is 0 Å². The molecule has 0 spiro atoms. The molecule has 1 aromatic heterocycles. The number of carbonyl (C=O) groups is 2. The Balaban J connectivity index is 1.96. The highest BCUT2D eigenvalue weighted by Gasteiger charge is 2.22. The molecule has 0 N–H and O–H groups in total. The van der Waals surface area contributed by atoms with Crippen molar-refractivity contribution in [3.05, 3.63) is 65.4 Å². The van der Waals surface area contributed by atoms with E-state index in [9.17, 15) is 9.59 Å². The van der Waals surface area contributed by atoms with Gasteiger partial charge in [-0.25, -0.2) is 4.79 Å². The van der Waals surface area contributed by atoms with Crippen molar-refractivity contribution in [3.63, 3.8) is 0 Å². The van der Waals surface area contributed by atoms with Crippen LogP contribution in [0.4, 0.5) is 0 Å². The van der Waals surface area contributed by atoms with E-state index in [1.54, 1.807) is 24.6 Å². The first-order valence-electron chi connectivity index (χ1n) is 8.07. The lowest BCUT2D eigenvalue weighted by Gasteiger charge is -2.07. The monoisotopic (exact) mass is 337 g/mol. The number of aryl methyl sites for hydroxylation is 1. The number of esters is 1. The standard InChI is InChI=1S/C20H19NO4/c1-3-24-20(23)19-17(12-22)16-11-15(9-10-18(16)21(19)2)25-13-14-7-5-4-6-8-14/h4-12H,3,13H2,1-2H3. The number of hydrogen-bond acceptors (Lipinski definition) is 4. The van der Waals surface area contributed by atoms with Gasteiger partial charge in [-0.05, 0) is 30.7 Å². The lowest BCUT2D eigenvalue weighted by Crippen LogP contribution is -2.11. The molecule has 0 aliphatic rings. The molecular formula is C20H19NO4. The fraction of sp³-hybridized carbons (Fsp3) is 0.200. The number of aromatic nitrogens is 1. The topological polar surface area (TPSA) is 57.5 Å². The molecule has 3 aromatic rings. The highest BCUT2D eigenvalue weighted by Crippen LogP contribution is 2.29. The molecule has 0 aliphatic carbocycles. The SMILES string of the molecule is CCOC(=O)c1c(C=O)c2cc(OCc3ccccc3)ccc2n1C. The van der Waals surface area contributed by atoms with Crippen molar-refractivity contribution in [2.45, 2.75) is 13.5 Å². The van der Waals surface area contributed by atoms with Gasteiger partial charge < -0.3 is 14.0 Å². The Morgan fingerprint density at radius 2 is 1.92 bits per heavy atom. The summed E-state index contributed by atoms with van der Waals surface area (Å²) in [6.45, 7) is 2.42. The van der Waals surface area contributed by atoms with Crippen molar-refractivity contribution in [1.29, 1.82) is 0 Å². The number of ether oxygens (including phenoxy) is 2. The van der Waals surface area contributed by atoms with Gasteiger partial charge in [-0.1, -0.05) is 30.3 Å². The number of benzene rings is 2. The molecular weight excluding hydrogens is 318 g/mol. The van der Waals surface area contributed by atoms with Gasteiger partial charge in [0.1, 0.15) is 18.1 Å². The van der Waals surface area contributed by atoms with E-state index >= 15 is 0 Å². The highest BCUT2D eigenvalue weighted by atomic mass is 16.5. The predicted molar refractivity (Wildman–Crippen MR) is 95.0 cm³/mol. The minimum Gasteiger partial charge on any atom is -0.489 e. The average Bonchev–Trinajstić information content (AvgIpc) is 2.92. The van der Waals surface area contributed by atoms with Gasteiger partial charge in [0.25, 0.3) is 0 Å². The fourth-order valence-electron chi connectivity index (χ4n) is 2.85. The highest BCUT2D eigenvalue weighted by molar-refractivity contribution is 6.09. The minimum atomic E-state index is -0.505. The molecule has 3 rings (SSSR count). The van der Waals surface area contributed by atoms with Gasteiger partial charge in [0, 0.05) is 18.0 Å². The minimum absolute atomic E-state index is 0.254. The summed E-state index contributed by atoms with van der Waals surface area (Å²) in [6.07, 6.45) is 0.690. The Kier molecular flexibility index (Phi) is 4.84. The summed E-state index contributed by atoms with van der Waals surface area (Å²) in [6, 6.07) is 15.3. The van der Waals surface area contributed by atoms with Crippen molar-refractivity contribution in [2.75, 3.05) is 6.61 Å². The molecule has 0 amide bonds. The molecule has 0 saturated carbocycles. The molecule has 5 heteroatoms. The maximum atomic E-state index is 12.2. The first kappa shape index (κ1) is 16.8. The maximum absolute atomic E-state index is 12.2. The summed E-state index contributed by atoms with van der Waals surface area (Å²) in [5.41, 5.74) is 2.41. The molecule has 1 heterocycles. The number of hydrogen-bond donors (Lipinski definition) is 0. The van der Waals surface area contributed by atoms with E-state index in [1.165, 1.54) is 0 Å². The lowest BCUT2D eigenvalue weighted by atomic mass is 10.1. The summed E-state index contributed by atoms with van der Waals surface area (Å²) >= 11 is 0. The Bertz CT molecular complexity index is 912. The predicted octanol–water partition coefficient (Wildman–Crippen LogP) is 3.75. The van der Waals surface area contributed by atoms with Crippen LogP contribution >= 0.6 is 0 Å². The Morgan fingerprint density at radius 1 is 1.16 bits per heavy atom. The van der Waals surface area contributed by atoms with Crippen molar-refractivity contribution in [3.8, 4) is 5.75 Å². The number of carbonyl (C=O) groups excluding carboxylic acids is 2. The summed E-state index contributed by atoms with van der Waals surface area (Å²) in [4.78, 5) is 23.8. The third-order valence-corrected chi connectivity index (χ3v) is 4.05. The second kappa shape index (κ2) is 7.21.